The van der Waals surface area contributed by atoms with Gasteiger partial charge in [-0.15, -0.1) is 0 Å². The van der Waals surface area contributed by atoms with E-state index < -0.39 is 17.3 Å². The van der Waals surface area contributed by atoms with Crippen LogP contribution in [0.15, 0.2) is 58.4 Å². The molecule has 0 aliphatic rings. The third-order valence-electron chi connectivity index (χ3n) is 3.96. The average molecular weight is 397 g/mol. The summed E-state index contributed by atoms with van der Waals surface area (Å²) in [5.74, 6) is -0.106. The number of hydrogen-bond donors (Lipinski definition) is 2. The van der Waals surface area contributed by atoms with E-state index >= 15 is 0 Å². The summed E-state index contributed by atoms with van der Waals surface area (Å²) in [6.07, 6.45) is -3.53. The van der Waals surface area contributed by atoms with E-state index in [1.807, 2.05) is 0 Å². The molecule has 9 heteroatoms. The summed E-state index contributed by atoms with van der Waals surface area (Å²) in [7, 11) is 0. The van der Waals surface area contributed by atoms with E-state index in [9.17, 15) is 23.2 Å². The Kier molecular flexibility index (Phi) is 5.45. The van der Waals surface area contributed by atoms with Crippen LogP contribution >= 0.6 is 0 Å². The highest BCUT2D eigenvalue weighted by molar-refractivity contribution is 5.83. The molecule has 0 aliphatic heterocycles. The molecule has 6 nitrogen and oxygen atoms in total. The topological polar surface area (TPSA) is 93.9 Å². The SMILES string of the molecule is Cc1ccc(C(F)(F)F)c(C=NNc2nc(-c3ccccc3)c(C#N)c(=O)[nH]2)c1. The highest BCUT2D eigenvalue weighted by Gasteiger charge is 2.32. The van der Waals surface area contributed by atoms with Crippen LogP contribution in [0.3, 0.4) is 0 Å². The van der Waals surface area contributed by atoms with Gasteiger partial charge in [-0.25, -0.2) is 10.4 Å². The number of aromatic amines is 1. The molecule has 2 N–H and O–H groups in total. The van der Waals surface area contributed by atoms with Crippen molar-refractivity contribution in [3.05, 3.63) is 81.1 Å². The molecule has 0 spiro atoms. The average Bonchev–Trinajstić information content (AvgIpc) is 2.67. The lowest BCUT2D eigenvalue weighted by Crippen LogP contribution is -2.16. The number of aromatic nitrogens is 2. The Hall–Kier alpha value is -3.93. The molecule has 0 radical (unpaired) electrons. The quantitative estimate of drug-likeness (QED) is 0.512. The number of halogens is 3. The number of rotatable bonds is 4. The van der Waals surface area contributed by atoms with Crippen LogP contribution < -0.4 is 11.0 Å². The van der Waals surface area contributed by atoms with Gasteiger partial charge < -0.3 is 0 Å². The zero-order valence-corrected chi connectivity index (χ0v) is 15.1. The first kappa shape index (κ1) is 19.8. The maximum Gasteiger partial charge on any atom is 0.417 e. The van der Waals surface area contributed by atoms with Gasteiger partial charge in [0.25, 0.3) is 5.56 Å². The molecular formula is C20H14F3N5O. The number of hydrogen-bond acceptors (Lipinski definition) is 5. The van der Waals surface area contributed by atoms with Crippen LogP contribution in [-0.4, -0.2) is 16.2 Å². The number of H-pyrrole nitrogens is 1. The predicted octanol–water partition coefficient (Wildman–Crippen LogP) is 4.08. The van der Waals surface area contributed by atoms with Crippen LogP contribution in [0.4, 0.5) is 19.1 Å². The maximum absolute atomic E-state index is 13.1. The molecule has 0 aliphatic carbocycles. The molecule has 3 rings (SSSR count). The van der Waals surface area contributed by atoms with Crippen LogP contribution in [0.1, 0.15) is 22.3 Å². The number of alkyl halides is 3. The van der Waals surface area contributed by atoms with Gasteiger partial charge in [-0.1, -0.05) is 42.0 Å². The standard InChI is InChI=1S/C20H14F3N5O/c1-12-7-8-16(20(21,22)23)14(9-12)11-25-28-19-26-17(13-5-3-2-4-6-13)15(10-24)18(29)27-19/h2-9,11H,1H3,(H2,26,27,28,29). The highest BCUT2D eigenvalue weighted by Crippen LogP contribution is 2.31. The predicted molar refractivity (Wildman–Crippen MR) is 102 cm³/mol. The van der Waals surface area contributed by atoms with Crippen molar-refractivity contribution in [2.45, 2.75) is 13.1 Å². The Balaban J connectivity index is 1.95. The summed E-state index contributed by atoms with van der Waals surface area (Å²) in [6.45, 7) is 1.66. The van der Waals surface area contributed by atoms with Crippen LogP contribution in [-0.2, 0) is 6.18 Å². The lowest BCUT2D eigenvalue weighted by Gasteiger charge is -2.10. The second kappa shape index (κ2) is 7.98. The number of benzene rings is 2. The molecule has 29 heavy (non-hydrogen) atoms. The van der Waals surface area contributed by atoms with Crippen molar-refractivity contribution in [1.82, 2.24) is 9.97 Å². The van der Waals surface area contributed by atoms with Crippen molar-refractivity contribution in [2.24, 2.45) is 5.10 Å². The Morgan fingerprint density at radius 2 is 1.93 bits per heavy atom. The van der Waals surface area contributed by atoms with Gasteiger partial charge in [-0.3, -0.25) is 9.78 Å². The first-order valence-corrected chi connectivity index (χ1v) is 8.36. The van der Waals surface area contributed by atoms with Crippen molar-refractivity contribution in [2.75, 3.05) is 5.43 Å². The number of aryl methyl sites for hydroxylation is 1. The zero-order valence-electron chi connectivity index (χ0n) is 15.1. The fraction of sp³-hybridized carbons (Fsp3) is 0.100. The highest BCUT2D eigenvalue weighted by atomic mass is 19.4. The van der Waals surface area contributed by atoms with Crippen LogP contribution in [0.5, 0.6) is 0 Å². The summed E-state index contributed by atoms with van der Waals surface area (Å²) < 4.78 is 39.4. The normalized spacial score (nSPS) is 11.4. The lowest BCUT2D eigenvalue weighted by molar-refractivity contribution is -0.137. The van der Waals surface area contributed by atoms with Crippen molar-refractivity contribution >= 4 is 12.2 Å². The third kappa shape index (κ3) is 4.50. The molecule has 0 saturated heterocycles. The number of nitrogens with one attached hydrogen (secondary N) is 2. The van der Waals surface area contributed by atoms with Gasteiger partial charge in [0.2, 0.25) is 5.95 Å². The van der Waals surface area contributed by atoms with Gasteiger partial charge in [0, 0.05) is 11.1 Å². The fourth-order valence-corrected chi connectivity index (χ4v) is 2.64. The number of anilines is 1. The molecule has 0 saturated carbocycles. The molecule has 0 amide bonds. The molecule has 0 atom stereocenters. The van der Waals surface area contributed by atoms with E-state index in [-0.39, 0.29) is 22.8 Å². The summed E-state index contributed by atoms with van der Waals surface area (Å²) in [6, 6.07) is 14.1. The van der Waals surface area contributed by atoms with Crippen molar-refractivity contribution < 1.29 is 13.2 Å². The van der Waals surface area contributed by atoms with Crippen molar-refractivity contribution in [3.8, 4) is 17.3 Å². The number of hydrazone groups is 1. The summed E-state index contributed by atoms with van der Waals surface area (Å²) in [5, 5.41) is 13.0. The third-order valence-corrected chi connectivity index (χ3v) is 3.96. The molecule has 0 fully saturated rings. The van der Waals surface area contributed by atoms with E-state index in [1.54, 1.807) is 43.3 Å². The minimum atomic E-state index is -4.53. The smallest absolute Gasteiger partial charge is 0.290 e. The van der Waals surface area contributed by atoms with Gasteiger partial charge in [0.15, 0.2) is 0 Å². The van der Waals surface area contributed by atoms with Crippen LogP contribution in [0.2, 0.25) is 0 Å². The Bertz CT molecular complexity index is 1160. The Morgan fingerprint density at radius 3 is 2.59 bits per heavy atom. The summed E-state index contributed by atoms with van der Waals surface area (Å²) in [4.78, 5) is 18.7. The molecule has 3 aromatic rings. The molecule has 1 aromatic heterocycles. The van der Waals surface area contributed by atoms with Gasteiger partial charge >= 0.3 is 6.18 Å². The Morgan fingerprint density at radius 1 is 1.21 bits per heavy atom. The second-order valence-electron chi connectivity index (χ2n) is 6.07. The number of nitriles is 1. The summed E-state index contributed by atoms with van der Waals surface area (Å²) >= 11 is 0. The van der Waals surface area contributed by atoms with Gasteiger partial charge in [0.1, 0.15) is 11.6 Å². The zero-order chi connectivity index (χ0) is 21.0. The fourth-order valence-electron chi connectivity index (χ4n) is 2.64. The largest absolute Gasteiger partial charge is 0.417 e. The molecular weight excluding hydrogens is 383 g/mol. The molecule has 146 valence electrons. The van der Waals surface area contributed by atoms with Gasteiger partial charge in [0.05, 0.1) is 17.5 Å². The van der Waals surface area contributed by atoms with E-state index in [1.165, 1.54) is 12.1 Å². The molecule has 0 bridgehead atoms. The van der Waals surface area contributed by atoms with E-state index in [0.717, 1.165) is 12.3 Å². The van der Waals surface area contributed by atoms with Crippen molar-refractivity contribution in [1.29, 1.82) is 5.26 Å². The Labute approximate surface area is 163 Å². The molecule has 0 unspecified atom stereocenters. The first-order chi connectivity index (χ1) is 13.8. The second-order valence-corrected chi connectivity index (χ2v) is 6.07. The minimum absolute atomic E-state index is 0.106. The monoisotopic (exact) mass is 397 g/mol. The molecule has 1 heterocycles. The van der Waals surface area contributed by atoms with Gasteiger partial charge in [-0.2, -0.15) is 23.5 Å². The molecule has 2 aromatic carbocycles. The number of nitrogens with zero attached hydrogens (tertiary/aromatic N) is 3. The minimum Gasteiger partial charge on any atom is -0.290 e. The maximum atomic E-state index is 13.1. The van der Waals surface area contributed by atoms with Crippen molar-refractivity contribution in [3.63, 3.8) is 0 Å². The van der Waals surface area contributed by atoms with E-state index in [2.05, 4.69) is 20.5 Å². The van der Waals surface area contributed by atoms with Crippen LogP contribution in [0, 0.1) is 18.3 Å². The summed E-state index contributed by atoms with van der Waals surface area (Å²) in [5.41, 5.74) is 1.90. The first-order valence-electron chi connectivity index (χ1n) is 8.36. The van der Waals surface area contributed by atoms with Crippen LogP contribution in [0.25, 0.3) is 11.3 Å². The van der Waals surface area contributed by atoms with Gasteiger partial charge in [-0.05, 0) is 19.1 Å². The van der Waals surface area contributed by atoms with E-state index in [4.69, 9.17) is 0 Å². The lowest BCUT2D eigenvalue weighted by atomic mass is 10.1. The van der Waals surface area contributed by atoms with E-state index in [0.29, 0.717) is 11.1 Å².